The highest BCUT2D eigenvalue weighted by Crippen LogP contribution is 2.25. The quantitative estimate of drug-likeness (QED) is 0.413. The van der Waals surface area contributed by atoms with Gasteiger partial charge in [-0.3, -0.25) is 0 Å². The zero-order valence-electron chi connectivity index (χ0n) is 11.4. The topological polar surface area (TPSA) is 3.88 Å². The number of aromatic nitrogens is 1. The molecule has 0 bridgehead atoms. The van der Waals surface area contributed by atoms with E-state index in [2.05, 4.69) is 68.8 Å². The van der Waals surface area contributed by atoms with Crippen molar-refractivity contribution in [2.75, 3.05) is 0 Å². The molecule has 0 aliphatic heterocycles. The van der Waals surface area contributed by atoms with Gasteiger partial charge >= 0.3 is 0 Å². The first kappa shape index (κ1) is 11.2. The summed E-state index contributed by atoms with van der Waals surface area (Å²) in [7, 11) is 2.15. The number of hydrogen-bond donors (Lipinski definition) is 0. The van der Waals surface area contributed by atoms with Crippen LogP contribution >= 0.6 is 0 Å². The van der Waals surface area contributed by atoms with Gasteiger partial charge in [-0.1, -0.05) is 12.1 Å². The SMILES string of the molecule is Cc1cc2c(cc3ccccc3[n+]2C)c(C)c1C. The van der Waals surface area contributed by atoms with Gasteiger partial charge in [0.2, 0.25) is 11.0 Å². The van der Waals surface area contributed by atoms with Crippen LogP contribution in [0.1, 0.15) is 16.7 Å². The molecule has 3 aromatic rings. The van der Waals surface area contributed by atoms with Crippen molar-refractivity contribution in [3.05, 3.63) is 53.1 Å². The van der Waals surface area contributed by atoms with Crippen molar-refractivity contribution < 1.29 is 4.57 Å². The molecule has 0 aliphatic carbocycles. The second kappa shape index (κ2) is 3.81. The number of rotatable bonds is 0. The molecule has 1 heteroatoms. The van der Waals surface area contributed by atoms with Crippen LogP contribution in [0, 0.1) is 20.8 Å². The Hall–Kier alpha value is -1.89. The fraction of sp³-hybridized carbons (Fsp3) is 0.235. The van der Waals surface area contributed by atoms with Crippen LogP contribution in [0.25, 0.3) is 21.8 Å². The molecule has 0 aliphatic rings. The Morgan fingerprint density at radius 3 is 2.33 bits per heavy atom. The summed E-state index contributed by atoms with van der Waals surface area (Å²) in [6.07, 6.45) is 0. The van der Waals surface area contributed by atoms with Crippen molar-refractivity contribution in [1.29, 1.82) is 0 Å². The molecule has 1 heterocycles. The highest BCUT2D eigenvalue weighted by Gasteiger charge is 2.14. The van der Waals surface area contributed by atoms with Gasteiger partial charge in [-0.25, -0.2) is 0 Å². The molecule has 0 atom stereocenters. The fourth-order valence-electron chi connectivity index (χ4n) is 2.74. The molecule has 1 nitrogen and oxygen atoms in total. The molecule has 3 rings (SSSR count). The second-order valence-electron chi connectivity index (χ2n) is 5.14. The van der Waals surface area contributed by atoms with Crippen LogP contribution in [-0.4, -0.2) is 0 Å². The first-order valence-corrected chi connectivity index (χ1v) is 6.38. The number of hydrogen-bond acceptors (Lipinski definition) is 0. The Morgan fingerprint density at radius 2 is 1.56 bits per heavy atom. The average molecular weight is 236 g/mol. The van der Waals surface area contributed by atoms with Crippen LogP contribution in [0.5, 0.6) is 0 Å². The molecule has 18 heavy (non-hydrogen) atoms. The molecular formula is C17H18N+. The van der Waals surface area contributed by atoms with Gasteiger partial charge in [-0.05, 0) is 49.6 Å². The first-order chi connectivity index (χ1) is 8.59. The molecular weight excluding hydrogens is 218 g/mol. The van der Waals surface area contributed by atoms with E-state index in [1.807, 2.05) is 0 Å². The van der Waals surface area contributed by atoms with Gasteiger partial charge in [0.15, 0.2) is 0 Å². The Bertz CT molecular complexity index is 770. The number of aryl methyl sites for hydroxylation is 3. The maximum absolute atomic E-state index is 2.31. The van der Waals surface area contributed by atoms with E-state index in [9.17, 15) is 0 Å². The van der Waals surface area contributed by atoms with E-state index in [0.29, 0.717) is 0 Å². The molecule has 1 aromatic heterocycles. The predicted molar refractivity (Wildman–Crippen MR) is 76.8 cm³/mol. The molecule has 2 aromatic carbocycles. The number of para-hydroxylation sites is 1. The summed E-state index contributed by atoms with van der Waals surface area (Å²) >= 11 is 0. The highest BCUT2D eigenvalue weighted by atomic mass is 14.9. The van der Waals surface area contributed by atoms with Crippen molar-refractivity contribution in [1.82, 2.24) is 0 Å². The van der Waals surface area contributed by atoms with E-state index in [1.54, 1.807) is 0 Å². The molecule has 90 valence electrons. The number of pyridine rings is 1. The molecule has 0 unspecified atom stereocenters. The third kappa shape index (κ3) is 1.43. The molecule has 0 spiro atoms. The Balaban J connectivity index is 2.60. The van der Waals surface area contributed by atoms with Crippen LogP contribution < -0.4 is 4.57 Å². The summed E-state index contributed by atoms with van der Waals surface area (Å²) in [6.45, 7) is 6.62. The van der Waals surface area contributed by atoms with Crippen molar-refractivity contribution in [3.8, 4) is 0 Å². The first-order valence-electron chi connectivity index (χ1n) is 6.38. The van der Waals surface area contributed by atoms with E-state index in [1.165, 1.54) is 38.5 Å². The maximum atomic E-state index is 2.31. The van der Waals surface area contributed by atoms with Crippen molar-refractivity contribution >= 4 is 21.8 Å². The maximum Gasteiger partial charge on any atom is 0.213 e. The van der Waals surface area contributed by atoms with Gasteiger partial charge in [0.25, 0.3) is 0 Å². The monoisotopic (exact) mass is 236 g/mol. The number of fused-ring (bicyclic) bond motifs is 2. The van der Waals surface area contributed by atoms with E-state index in [0.717, 1.165) is 0 Å². The Labute approximate surface area is 108 Å². The summed E-state index contributed by atoms with van der Waals surface area (Å²) in [4.78, 5) is 0. The lowest BCUT2D eigenvalue weighted by molar-refractivity contribution is -0.617. The van der Waals surface area contributed by atoms with Crippen LogP contribution in [-0.2, 0) is 7.05 Å². The highest BCUT2D eigenvalue weighted by molar-refractivity contribution is 5.91. The lowest BCUT2D eigenvalue weighted by Crippen LogP contribution is -2.30. The van der Waals surface area contributed by atoms with E-state index >= 15 is 0 Å². The lowest BCUT2D eigenvalue weighted by atomic mass is 9.98. The zero-order valence-corrected chi connectivity index (χ0v) is 11.4. The van der Waals surface area contributed by atoms with E-state index in [-0.39, 0.29) is 0 Å². The third-order valence-electron chi connectivity index (χ3n) is 4.15. The zero-order chi connectivity index (χ0) is 12.9. The number of benzene rings is 2. The third-order valence-corrected chi connectivity index (χ3v) is 4.15. The predicted octanol–water partition coefficient (Wildman–Crippen LogP) is 3.74. The average Bonchev–Trinajstić information content (AvgIpc) is 2.38. The molecule has 0 saturated carbocycles. The van der Waals surface area contributed by atoms with Gasteiger partial charge in [-0.15, -0.1) is 0 Å². The number of nitrogens with zero attached hydrogens (tertiary/aromatic N) is 1. The van der Waals surface area contributed by atoms with Crippen LogP contribution in [0.2, 0.25) is 0 Å². The van der Waals surface area contributed by atoms with E-state index in [4.69, 9.17) is 0 Å². The van der Waals surface area contributed by atoms with Gasteiger partial charge in [0.1, 0.15) is 7.05 Å². The lowest BCUT2D eigenvalue weighted by Gasteiger charge is -2.09. The van der Waals surface area contributed by atoms with Crippen molar-refractivity contribution in [3.63, 3.8) is 0 Å². The summed E-state index contributed by atoms with van der Waals surface area (Å²) < 4.78 is 2.30. The second-order valence-corrected chi connectivity index (χ2v) is 5.14. The minimum absolute atomic E-state index is 1.28. The minimum Gasteiger partial charge on any atom is -0.194 e. The van der Waals surface area contributed by atoms with Crippen LogP contribution in [0.3, 0.4) is 0 Å². The molecule has 0 amide bonds. The fourth-order valence-corrected chi connectivity index (χ4v) is 2.74. The molecule has 0 N–H and O–H groups in total. The van der Waals surface area contributed by atoms with Crippen molar-refractivity contribution in [2.45, 2.75) is 20.8 Å². The standard InChI is InChI=1S/C17H18N/c1-11-9-17-15(13(3)12(11)2)10-14-7-5-6-8-16(14)18(17)4/h5-10H,1-4H3/q+1. The smallest absolute Gasteiger partial charge is 0.194 e. The summed E-state index contributed by atoms with van der Waals surface area (Å²) in [5, 5.41) is 2.66. The van der Waals surface area contributed by atoms with Gasteiger partial charge in [0, 0.05) is 17.5 Å². The largest absolute Gasteiger partial charge is 0.213 e. The summed E-state index contributed by atoms with van der Waals surface area (Å²) in [5.74, 6) is 0. The Kier molecular flexibility index (Phi) is 2.37. The van der Waals surface area contributed by atoms with Gasteiger partial charge in [0.05, 0.1) is 5.39 Å². The summed E-state index contributed by atoms with van der Waals surface area (Å²) in [5.41, 5.74) is 6.76. The van der Waals surface area contributed by atoms with Gasteiger partial charge < -0.3 is 0 Å². The molecule has 0 fully saturated rings. The molecule has 0 radical (unpaired) electrons. The summed E-state index contributed by atoms with van der Waals surface area (Å²) in [6, 6.07) is 13.2. The van der Waals surface area contributed by atoms with Gasteiger partial charge in [-0.2, -0.15) is 4.57 Å². The van der Waals surface area contributed by atoms with E-state index < -0.39 is 0 Å². The van der Waals surface area contributed by atoms with Crippen LogP contribution in [0.4, 0.5) is 0 Å². The van der Waals surface area contributed by atoms with Crippen molar-refractivity contribution in [2.24, 2.45) is 7.05 Å². The Morgan fingerprint density at radius 1 is 0.833 bits per heavy atom. The van der Waals surface area contributed by atoms with Crippen LogP contribution in [0.15, 0.2) is 36.4 Å². The molecule has 0 saturated heterocycles. The minimum atomic E-state index is 1.28. The normalized spacial score (nSPS) is 11.3.